The topological polar surface area (TPSA) is 102 Å². The van der Waals surface area contributed by atoms with Gasteiger partial charge in [0.05, 0.1) is 0 Å². The number of nitrogens with two attached hydrogens (primary N) is 1. The van der Waals surface area contributed by atoms with Gasteiger partial charge in [-0.25, -0.2) is 19.9 Å². The fourth-order valence-corrected chi connectivity index (χ4v) is 3.80. The largest absolute Gasteiger partial charge is 0.368 e. The van der Waals surface area contributed by atoms with Gasteiger partial charge in [0.25, 0.3) is 0 Å². The molecule has 0 saturated carbocycles. The van der Waals surface area contributed by atoms with E-state index >= 15 is 0 Å². The van der Waals surface area contributed by atoms with Crippen LogP contribution >= 0.6 is 23.1 Å². The van der Waals surface area contributed by atoms with Gasteiger partial charge in [0.2, 0.25) is 5.95 Å². The van der Waals surface area contributed by atoms with Crippen molar-refractivity contribution in [1.29, 1.82) is 0 Å². The van der Waals surface area contributed by atoms with Crippen LogP contribution in [0, 0.1) is 6.92 Å². The smallest absolute Gasteiger partial charge is 0.343 e. The molecule has 0 aliphatic carbocycles. The van der Waals surface area contributed by atoms with E-state index in [1.165, 1.54) is 11.8 Å². The van der Waals surface area contributed by atoms with E-state index in [1.807, 2.05) is 19.9 Å². The molecule has 3 rings (SSSR count). The highest BCUT2D eigenvalue weighted by molar-refractivity contribution is 7.99. The molecule has 9 heteroatoms. The number of anilines is 1. The molecule has 0 saturated heterocycles. The molecule has 0 amide bonds. The summed E-state index contributed by atoms with van der Waals surface area (Å²) in [6.07, 6.45) is 0. The molecular formula is C11H12N6OS2. The molecule has 3 aromatic heterocycles. The van der Waals surface area contributed by atoms with Crippen LogP contribution in [0.5, 0.6) is 0 Å². The van der Waals surface area contributed by atoms with Crippen molar-refractivity contribution in [3.05, 3.63) is 21.4 Å². The molecule has 0 radical (unpaired) electrons. The number of nitrogens with zero attached hydrogens (tertiary/aromatic N) is 4. The normalized spacial score (nSPS) is 11.3. The lowest BCUT2D eigenvalue weighted by atomic mass is 10.4. The van der Waals surface area contributed by atoms with E-state index in [2.05, 4.69) is 20.2 Å². The molecule has 3 heterocycles. The number of hydrogen-bond acceptors (Lipinski definition) is 7. The average molecular weight is 308 g/mol. The molecule has 0 aliphatic heterocycles. The monoisotopic (exact) mass is 308 g/mol. The minimum absolute atomic E-state index is 0.225. The molecule has 7 nitrogen and oxygen atoms in total. The lowest BCUT2D eigenvalue weighted by molar-refractivity contribution is 0.660. The number of nitrogens with one attached hydrogen (secondary N) is 1. The first-order chi connectivity index (χ1) is 9.58. The SMILES string of the molecule is CCn1c(Sc2nc(N)nc3sc(C)cc23)n[nH]c1=O. The van der Waals surface area contributed by atoms with Crippen molar-refractivity contribution in [3.63, 3.8) is 0 Å². The Labute approximate surface area is 122 Å². The summed E-state index contributed by atoms with van der Waals surface area (Å²) < 4.78 is 1.55. The summed E-state index contributed by atoms with van der Waals surface area (Å²) in [6.45, 7) is 4.44. The molecule has 0 fully saturated rings. The van der Waals surface area contributed by atoms with Crippen LogP contribution in [-0.2, 0) is 6.54 Å². The maximum Gasteiger partial charge on any atom is 0.343 e. The third-order valence-electron chi connectivity index (χ3n) is 2.73. The van der Waals surface area contributed by atoms with Crippen LogP contribution in [0.4, 0.5) is 5.95 Å². The molecule has 0 aliphatic rings. The lowest BCUT2D eigenvalue weighted by Gasteiger charge is -2.03. The van der Waals surface area contributed by atoms with Crippen molar-refractivity contribution < 1.29 is 0 Å². The van der Waals surface area contributed by atoms with Crippen molar-refractivity contribution in [1.82, 2.24) is 24.7 Å². The quantitative estimate of drug-likeness (QED) is 0.713. The van der Waals surface area contributed by atoms with Crippen molar-refractivity contribution in [2.45, 2.75) is 30.6 Å². The molecule has 0 aromatic carbocycles. The molecule has 0 bridgehead atoms. The number of nitrogen functional groups attached to an aromatic ring is 1. The van der Waals surface area contributed by atoms with Crippen LogP contribution in [-0.4, -0.2) is 24.7 Å². The Hall–Kier alpha value is -1.87. The van der Waals surface area contributed by atoms with E-state index in [4.69, 9.17) is 5.73 Å². The third kappa shape index (κ3) is 2.18. The van der Waals surface area contributed by atoms with Gasteiger partial charge in [0.15, 0.2) is 5.16 Å². The fraction of sp³-hybridized carbons (Fsp3) is 0.273. The Bertz CT molecular complexity index is 833. The van der Waals surface area contributed by atoms with Gasteiger partial charge < -0.3 is 5.73 Å². The number of aromatic nitrogens is 5. The van der Waals surface area contributed by atoms with Crippen molar-refractivity contribution in [2.75, 3.05) is 5.73 Å². The Morgan fingerprint density at radius 3 is 3.05 bits per heavy atom. The maximum absolute atomic E-state index is 11.6. The van der Waals surface area contributed by atoms with Crippen molar-refractivity contribution >= 4 is 39.3 Å². The van der Waals surface area contributed by atoms with E-state index in [-0.39, 0.29) is 11.6 Å². The fourth-order valence-electron chi connectivity index (χ4n) is 1.86. The number of fused-ring (bicyclic) bond motifs is 1. The Morgan fingerprint density at radius 1 is 1.50 bits per heavy atom. The second-order valence-electron chi connectivity index (χ2n) is 4.12. The van der Waals surface area contributed by atoms with E-state index < -0.39 is 0 Å². The Balaban J connectivity index is 2.12. The number of aryl methyl sites for hydroxylation is 1. The summed E-state index contributed by atoms with van der Waals surface area (Å²) in [7, 11) is 0. The highest BCUT2D eigenvalue weighted by Crippen LogP contribution is 2.34. The van der Waals surface area contributed by atoms with Crippen LogP contribution < -0.4 is 11.4 Å². The molecule has 0 atom stereocenters. The van der Waals surface area contributed by atoms with Gasteiger partial charge in [-0.15, -0.1) is 16.4 Å². The van der Waals surface area contributed by atoms with Crippen LogP contribution in [0.15, 0.2) is 21.0 Å². The Morgan fingerprint density at radius 2 is 2.30 bits per heavy atom. The molecule has 0 unspecified atom stereocenters. The third-order valence-corrected chi connectivity index (χ3v) is 4.67. The van der Waals surface area contributed by atoms with Crippen molar-refractivity contribution in [3.8, 4) is 0 Å². The van der Waals surface area contributed by atoms with Gasteiger partial charge in [-0.1, -0.05) is 0 Å². The maximum atomic E-state index is 11.6. The molecule has 0 spiro atoms. The first kappa shape index (κ1) is 13.1. The first-order valence-electron chi connectivity index (χ1n) is 5.95. The zero-order valence-corrected chi connectivity index (χ0v) is 12.5. The molecule has 3 aromatic rings. The summed E-state index contributed by atoms with van der Waals surface area (Å²) in [5, 5.41) is 8.68. The van der Waals surface area contributed by atoms with Crippen molar-refractivity contribution in [2.24, 2.45) is 0 Å². The first-order valence-corrected chi connectivity index (χ1v) is 7.58. The van der Waals surface area contributed by atoms with Gasteiger partial charge in [-0.2, -0.15) is 0 Å². The summed E-state index contributed by atoms with van der Waals surface area (Å²) >= 11 is 2.88. The van der Waals surface area contributed by atoms with Gasteiger partial charge in [0, 0.05) is 16.8 Å². The molecule has 3 N–H and O–H groups in total. The zero-order valence-electron chi connectivity index (χ0n) is 10.9. The number of hydrogen-bond donors (Lipinski definition) is 2. The van der Waals surface area contributed by atoms with Gasteiger partial charge in [-0.3, -0.25) is 4.57 Å². The average Bonchev–Trinajstić information content (AvgIpc) is 2.92. The minimum Gasteiger partial charge on any atom is -0.368 e. The highest BCUT2D eigenvalue weighted by atomic mass is 32.2. The van der Waals surface area contributed by atoms with E-state index in [0.717, 1.165) is 15.1 Å². The standard InChI is InChI=1S/C11H12N6OS2/c1-3-17-10(18)15-16-11(17)20-8-6-4-5(2)19-7(6)13-9(12)14-8/h4H,3H2,1-2H3,(H,15,18)(H2,12,13,14). The number of aromatic amines is 1. The van der Waals surface area contributed by atoms with Gasteiger partial charge in [0.1, 0.15) is 9.86 Å². The predicted molar refractivity (Wildman–Crippen MR) is 79.2 cm³/mol. The van der Waals surface area contributed by atoms with E-state index in [1.54, 1.807) is 15.9 Å². The summed E-state index contributed by atoms with van der Waals surface area (Å²) in [4.78, 5) is 22.0. The zero-order chi connectivity index (χ0) is 14.3. The number of thiophene rings is 1. The van der Waals surface area contributed by atoms with E-state index in [0.29, 0.717) is 16.7 Å². The van der Waals surface area contributed by atoms with Gasteiger partial charge >= 0.3 is 5.69 Å². The highest BCUT2D eigenvalue weighted by Gasteiger charge is 2.14. The Kier molecular flexibility index (Phi) is 3.22. The summed E-state index contributed by atoms with van der Waals surface area (Å²) in [5.74, 6) is 0.225. The summed E-state index contributed by atoms with van der Waals surface area (Å²) in [6, 6.07) is 2.02. The van der Waals surface area contributed by atoms with E-state index in [9.17, 15) is 4.79 Å². The number of H-pyrrole nitrogens is 1. The minimum atomic E-state index is -0.227. The molecule has 104 valence electrons. The van der Waals surface area contributed by atoms with Gasteiger partial charge in [-0.05, 0) is 31.7 Å². The molecule has 20 heavy (non-hydrogen) atoms. The second kappa shape index (κ2) is 4.91. The van der Waals surface area contributed by atoms with Crippen LogP contribution in [0.3, 0.4) is 0 Å². The van der Waals surface area contributed by atoms with Crippen LogP contribution in [0.2, 0.25) is 0 Å². The predicted octanol–water partition coefficient (Wildman–Crippen LogP) is 1.64. The summed E-state index contributed by atoms with van der Waals surface area (Å²) in [5.41, 5.74) is 5.51. The van der Waals surface area contributed by atoms with Crippen LogP contribution in [0.25, 0.3) is 10.2 Å². The lowest BCUT2D eigenvalue weighted by Crippen LogP contribution is -2.16. The molecular weight excluding hydrogens is 296 g/mol. The second-order valence-corrected chi connectivity index (χ2v) is 6.31. The van der Waals surface area contributed by atoms with Crippen LogP contribution in [0.1, 0.15) is 11.8 Å². The number of rotatable bonds is 3.